The van der Waals surface area contributed by atoms with Crippen LogP contribution in [0.1, 0.15) is 33.6 Å². The van der Waals surface area contributed by atoms with Crippen molar-refractivity contribution in [2.75, 3.05) is 6.54 Å². The van der Waals surface area contributed by atoms with Crippen molar-refractivity contribution in [2.24, 2.45) is 17.8 Å². The minimum Gasteiger partial charge on any atom is -0.339 e. The molecule has 1 aliphatic carbocycles. The standard InChI is InChI=1S/C11H19NO/c1-7-4-5-12(9(7)3)11(13)10-6-8(10)2/h7-10H,4-6H2,1-3H3/t7?,8-,9?,10-/m1/s1. The number of hydrogen-bond acceptors (Lipinski definition) is 1. The lowest BCUT2D eigenvalue weighted by Crippen LogP contribution is -2.36. The first-order valence-electron chi connectivity index (χ1n) is 5.41. The SMILES string of the molecule is CC1CCN(C(=O)[C@@H]2C[C@H]2C)C1C. The number of carbonyl (C=O) groups is 1. The Kier molecular flexibility index (Phi) is 2.09. The molecule has 0 N–H and O–H groups in total. The Labute approximate surface area is 80.3 Å². The predicted octanol–water partition coefficient (Wildman–Crippen LogP) is 1.90. The first-order chi connectivity index (χ1) is 6.11. The van der Waals surface area contributed by atoms with Gasteiger partial charge in [0.1, 0.15) is 0 Å². The van der Waals surface area contributed by atoms with Gasteiger partial charge in [-0.3, -0.25) is 4.79 Å². The number of amides is 1. The maximum absolute atomic E-state index is 11.9. The molecule has 1 saturated carbocycles. The third kappa shape index (κ3) is 1.47. The van der Waals surface area contributed by atoms with Gasteiger partial charge in [-0.2, -0.15) is 0 Å². The lowest BCUT2D eigenvalue weighted by molar-refractivity contribution is -0.133. The molecule has 13 heavy (non-hydrogen) atoms. The van der Waals surface area contributed by atoms with E-state index in [1.165, 1.54) is 6.42 Å². The van der Waals surface area contributed by atoms with Crippen LogP contribution in [-0.2, 0) is 4.79 Å². The van der Waals surface area contributed by atoms with E-state index in [4.69, 9.17) is 0 Å². The van der Waals surface area contributed by atoms with Crippen LogP contribution in [0.2, 0.25) is 0 Å². The molecule has 2 fully saturated rings. The molecule has 2 unspecified atom stereocenters. The first kappa shape index (κ1) is 9.04. The second kappa shape index (κ2) is 3.00. The molecule has 0 spiro atoms. The molecule has 74 valence electrons. The van der Waals surface area contributed by atoms with Gasteiger partial charge in [0, 0.05) is 18.5 Å². The van der Waals surface area contributed by atoms with Crippen molar-refractivity contribution in [2.45, 2.75) is 39.7 Å². The van der Waals surface area contributed by atoms with Crippen LogP contribution >= 0.6 is 0 Å². The molecule has 1 amide bonds. The van der Waals surface area contributed by atoms with Gasteiger partial charge in [0.05, 0.1) is 0 Å². The third-order valence-corrected chi connectivity index (χ3v) is 3.85. The molecule has 2 rings (SSSR count). The summed E-state index contributed by atoms with van der Waals surface area (Å²) in [5.74, 6) is 2.13. The molecular weight excluding hydrogens is 162 g/mol. The van der Waals surface area contributed by atoms with Crippen LogP contribution < -0.4 is 0 Å². The van der Waals surface area contributed by atoms with Gasteiger partial charge in [-0.1, -0.05) is 13.8 Å². The second-order valence-corrected chi connectivity index (χ2v) is 4.86. The molecule has 0 radical (unpaired) electrons. The molecule has 0 aromatic carbocycles. The number of nitrogens with zero attached hydrogens (tertiary/aromatic N) is 1. The van der Waals surface area contributed by atoms with Crippen molar-refractivity contribution in [1.29, 1.82) is 0 Å². The van der Waals surface area contributed by atoms with E-state index in [-0.39, 0.29) is 0 Å². The highest BCUT2D eigenvalue weighted by Gasteiger charge is 2.44. The Bertz CT molecular complexity index is 226. The summed E-state index contributed by atoms with van der Waals surface area (Å²) >= 11 is 0. The zero-order valence-electron chi connectivity index (χ0n) is 8.79. The van der Waals surface area contributed by atoms with E-state index in [1.54, 1.807) is 0 Å². The lowest BCUT2D eigenvalue weighted by atomic mass is 10.1. The van der Waals surface area contributed by atoms with Crippen molar-refractivity contribution in [3.63, 3.8) is 0 Å². The zero-order chi connectivity index (χ0) is 9.59. The Morgan fingerprint density at radius 2 is 1.85 bits per heavy atom. The van der Waals surface area contributed by atoms with E-state index >= 15 is 0 Å². The average molecular weight is 181 g/mol. The lowest BCUT2D eigenvalue weighted by Gasteiger charge is -2.23. The summed E-state index contributed by atoms with van der Waals surface area (Å²) in [4.78, 5) is 14.0. The van der Waals surface area contributed by atoms with Gasteiger partial charge < -0.3 is 4.90 Å². The molecule has 1 saturated heterocycles. The molecule has 2 aliphatic rings. The average Bonchev–Trinajstić information content (AvgIpc) is 2.73. The molecule has 0 bridgehead atoms. The quantitative estimate of drug-likeness (QED) is 0.605. The highest BCUT2D eigenvalue weighted by molar-refractivity contribution is 5.82. The van der Waals surface area contributed by atoms with Crippen LogP contribution in [0.3, 0.4) is 0 Å². The predicted molar refractivity (Wildman–Crippen MR) is 52.2 cm³/mol. The van der Waals surface area contributed by atoms with Crippen LogP contribution in [0.5, 0.6) is 0 Å². The van der Waals surface area contributed by atoms with Gasteiger partial charge in [0.2, 0.25) is 5.91 Å². The normalized spacial score (nSPS) is 43.8. The van der Waals surface area contributed by atoms with Gasteiger partial charge in [0.25, 0.3) is 0 Å². The Hall–Kier alpha value is -0.530. The maximum Gasteiger partial charge on any atom is 0.226 e. The molecule has 2 heteroatoms. The molecule has 4 atom stereocenters. The topological polar surface area (TPSA) is 20.3 Å². The fourth-order valence-corrected chi connectivity index (χ4v) is 2.28. The van der Waals surface area contributed by atoms with Crippen molar-refractivity contribution >= 4 is 5.91 Å². The minimum atomic E-state index is 0.368. The van der Waals surface area contributed by atoms with Gasteiger partial charge in [-0.05, 0) is 31.6 Å². The monoisotopic (exact) mass is 181 g/mol. The highest BCUT2D eigenvalue weighted by atomic mass is 16.2. The fraction of sp³-hybridized carbons (Fsp3) is 0.909. The summed E-state index contributed by atoms with van der Waals surface area (Å²) in [7, 11) is 0. The van der Waals surface area contributed by atoms with Crippen LogP contribution in [0.25, 0.3) is 0 Å². The molecule has 0 aromatic rings. The highest BCUT2D eigenvalue weighted by Crippen LogP contribution is 2.41. The van der Waals surface area contributed by atoms with Crippen molar-refractivity contribution < 1.29 is 4.79 Å². The molecule has 2 nitrogen and oxygen atoms in total. The number of carbonyl (C=O) groups excluding carboxylic acids is 1. The summed E-state index contributed by atoms with van der Waals surface area (Å²) < 4.78 is 0. The smallest absolute Gasteiger partial charge is 0.226 e. The summed E-state index contributed by atoms with van der Waals surface area (Å²) in [5.41, 5.74) is 0. The number of hydrogen-bond donors (Lipinski definition) is 0. The first-order valence-corrected chi connectivity index (χ1v) is 5.41. The molecule has 1 heterocycles. The summed E-state index contributed by atoms with van der Waals surface area (Å²) in [6.07, 6.45) is 2.31. The van der Waals surface area contributed by atoms with Gasteiger partial charge in [0.15, 0.2) is 0 Å². The minimum absolute atomic E-state index is 0.368. The molecule has 0 aromatic heterocycles. The van der Waals surface area contributed by atoms with E-state index in [9.17, 15) is 4.79 Å². The Balaban J connectivity index is 1.97. The fourth-order valence-electron chi connectivity index (χ4n) is 2.28. The largest absolute Gasteiger partial charge is 0.339 e. The van der Waals surface area contributed by atoms with E-state index in [0.29, 0.717) is 29.7 Å². The zero-order valence-corrected chi connectivity index (χ0v) is 8.79. The second-order valence-electron chi connectivity index (χ2n) is 4.86. The summed E-state index contributed by atoms with van der Waals surface area (Å²) in [5, 5.41) is 0. The van der Waals surface area contributed by atoms with E-state index in [2.05, 4.69) is 25.7 Å². The third-order valence-electron chi connectivity index (χ3n) is 3.85. The number of likely N-dealkylation sites (tertiary alicyclic amines) is 1. The molecular formula is C11H19NO. The van der Waals surface area contributed by atoms with E-state index in [0.717, 1.165) is 13.0 Å². The van der Waals surface area contributed by atoms with Crippen LogP contribution in [0.15, 0.2) is 0 Å². The van der Waals surface area contributed by atoms with Crippen molar-refractivity contribution in [1.82, 2.24) is 4.90 Å². The molecule has 1 aliphatic heterocycles. The summed E-state index contributed by atoms with van der Waals surface area (Å²) in [6, 6.07) is 0.472. The van der Waals surface area contributed by atoms with E-state index < -0.39 is 0 Å². The maximum atomic E-state index is 11.9. The van der Waals surface area contributed by atoms with Crippen LogP contribution in [0.4, 0.5) is 0 Å². The van der Waals surface area contributed by atoms with Crippen LogP contribution in [-0.4, -0.2) is 23.4 Å². The van der Waals surface area contributed by atoms with Crippen molar-refractivity contribution in [3.05, 3.63) is 0 Å². The van der Waals surface area contributed by atoms with E-state index in [1.807, 2.05) is 0 Å². The summed E-state index contributed by atoms with van der Waals surface area (Å²) in [6.45, 7) is 7.59. The van der Waals surface area contributed by atoms with Gasteiger partial charge in [-0.15, -0.1) is 0 Å². The Morgan fingerprint density at radius 1 is 1.23 bits per heavy atom. The van der Waals surface area contributed by atoms with Gasteiger partial charge in [-0.25, -0.2) is 0 Å². The number of rotatable bonds is 1. The van der Waals surface area contributed by atoms with Crippen molar-refractivity contribution in [3.8, 4) is 0 Å². The van der Waals surface area contributed by atoms with Gasteiger partial charge >= 0.3 is 0 Å². The Morgan fingerprint density at radius 3 is 2.23 bits per heavy atom. The van der Waals surface area contributed by atoms with Crippen LogP contribution in [0, 0.1) is 17.8 Å².